The standard InChI is InChI=1S/C12H19N3O3/c1-3-4-5-10(12(17)18)14-11(16)6-9-7-13-15(2)8-9/h7-8,10H,3-6H2,1-2H3,(H,14,16)(H,17,18). The lowest BCUT2D eigenvalue weighted by Crippen LogP contribution is -2.41. The summed E-state index contributed by atoms with van der Waals surface area (Å²) in [6.07, 6.45) is 5.64. The van der Waals surface area contributed by atoms with E-state index in [0.717, 1.165) is 18.4 Å². The SMILES string of the molecule is CCCCC(NC(=O)Cc1cnn(C)c1)C(=O)O. The van der Waals surface area contributed by atoms with Gasteiger partial charge in [-0.3, -0.25) is 9.48 Å². The third-order valence-corrected chi connectivity index (χ3v) is 2.60. The van der Waals surface area contributed by atoms with E-state index in [0.29, 0.717) is 6.42 Å². The maximum atomic E-state index is 11.7. The van der Waals surface area contributed by atoms with Crippen LogP contribution in [0.15, 0.2) is 12.4 Å². The number of unbranched alkanes of at least 4 members (excludes halogenated alkanes) is 1. The molecule has 1 unspecified atom stereocenters. The lowest BCUT2D eigenvalue weighted by atomic mass is 10.1. The number of rotatable bonds is 7. The van der Waals surface area contributed by atoms with Gasteiger partial charge in [0.15, 0.2) is 0 Å². The normalized spacial score (nSPS) is 12.1. The molecule has 1 rings (SSSR count). The average molecular weight is 253 g/mol. The number of carboxylic acid groups (broad SMARTS) is 1. The number of carbonyl (C=O) groups is 2. The molecule has 0 aliphatic rings. The summed E-state index contributed by atoms with van der Waals surface area (Å²) < 4.78 is 1.61. The second-order valence-electron chi connectivity index (χ2n) is 4.30. The highest BCUT2D eigenvalue weighted by Gasteiger charge is 2.19. The van der Waals surface area contributed by atoms with Crippen LogP contribution in [0.25, 0.3) is 0 Å². The topological polar surface area (TPSA) is 84.2 Å². The highest BCUT2D eigenvalue weighted by atomic mass is 16.4. The van der Waals surface area contributed by atoms with E-state index in [2.05, 4.69) is 10.4 Å². The molecule has 1 atom stereocenters. The lowest BCUT2D eigenvalue weighted by Gasteiger charge is -2.13. The van der Waals surface area contributed by atoms with Crippen LogP contribution in [0.2, 0.25) is 0 Å². The second kappa shape index (κ2) is 6.78. The molecule has 100 valence electrons. The van der Waals surface area contributed by atoms with Crippen LogP contribution in [0.5, 0.6) is 0 Å². The number of amides is 1. The average Bonchev–Trinajstić information content (AvgIpc) is 2.69. The zero-order valence-electron chi connectivity index (χ0n) is 10.7. The molecule has 18 heavy (non-hydrogen) atoms. The summed E-state index contributed by atoms with van der Waals surface area (Å²) in [6.45, 7) is 1.98. The van der Waals surface area contributed by atoms with Crippen molar-refractivity contribution in [3.8, 4) is 0 Å². The van der Waals surface area contributed by atoms with Gasteiger partial charge in [-0.25, -0.2) is 4.79 Å². The number of hydrogen-bond acceptors (Lipinski definition) is 3. The number of carbonyl (C=O) groups excluding carboxylic acids is 1. The van der Waals surface area contributed by atoms with Crippen LogP contribution < -0.4 is 5.32 Å². The lowest BCUT2D eigenvalue weighted by molar-refractivity contribution is -0.142. The first-order valence-corrected chi connectivity index (χ1v) is 6.02. The van der Waals surface area contributed by atoms with E-state index in [1.54, 1.807) is 24.1 Å². The Morgan fingerprint density at radius 3 is 2.78 bits per heavy atom. The number of hydrogen-bond donors (Lipinski definition) is 2. The fraction of sp³-hybridized carbons (Fsp3) is 0.583. The van der Waals surface area contributed by atoms with Crippen molar-refractivity contribution < 1.29 is 14.7 Å². The Hall–Kier alpha value is -1.85. The minimum absolute atomic E-state index is 0.156. The molecule has 0 aromatic carbocycles. The van der Waals surface area contributed by atoms with Gasteiger partial charge in [0, 0.05) is 13.2 Å². The monoisotopic (exact) mass is 253 g/mol. The predicted octanol–water partition coefficient (Wildman–Crippen LogP) is 0.722. The molecule has 0 saturated carbocycles. The van der Waals surface area contributed by atoms with Crippen LogP contribution >= 0.6 is 0 Å². The minimum Gasteiger partial charge on any atom is -0.480 e. The summed E-state index contributed by atoms with van der Waals surface area (Å²) in [5.74, 6) is -1.27. The molecule has 0 fully saturated rings. The Kier molecular flexibility index (Phi) is 5.35. The largest absolute Gasteiger partial charge is 0.480 e. The zero-order chi connectivity index (χ0) is 13.5. The fourth-order valence-electron chi connectivity index (χ4n) is 1.66. The van der Waals surface area contributed by atoms with Crippen LogP contribution in [0.4, 0.5) is 0 Å². The molecular formula is C12H19N3O3. The molecular weight excluding hydrogens is 234 g/mol. The molecule has 0 aliphatic carbocycles. The molecule has 2 N–H and O–H groups in total. The number of nitrogens with zero attached hydrogens (tertiary/aromatic N) is 2. The third-order valence-electron chi connectivity index (χ3n) is 2.60. The molecule has 1 heterocycles. The van der Waals surface area contributed by atoms with Gasteiger partial charge in [0.1, 0.15) is 6.04 Å². The van der Waals surface area contributed by atoms with Gasteiger partial charge < -0.3 is 10.4 Å². The molecule has 0 saturated heterocycles. The Morgan fingerprint density at radius 2 is 2.28 bits per heavy atom. The Morgan fingerprint density at radius 1 is 1.56 bits per heavy atom. The van der Waals surface area contributed by atoms with Crippen LogP contribution in [-0.2, 0) is 23.1 Å². The first kappa shape index (κ1) is 14.2. The van der Waals surface area contributed by atoms with Crippen LogP contribution in [0.1, 0.15) is 31.7 Å². The Labute approximate surface area is 106 Å². The molecule has 6 nitrogen and oxygen atoms in total. The van der Waals surface area contributed by atoms with Crippen molar-refractivity contribution in [2.45, 2.75) is 38.6 Å². The molecule has 1 amide bonds. The molecule has 1 aromatic rings. The summed E-state index contributed by atoms with van der Waals surface area (Å²) in [5.41, 5.74) is 0.773. The predicted molar refractivity (Wildman–Crippen MR) is 66.0 cm³/mol. The van der Waals surface area contributed by atoms with Gasteiger partial charge in [-0.2, -0.15) is 5.10 Å². The van der Waals surface area contributed by atoms with Crippen molar-refractivity contribution >= 4 is 11.9 Å². The van der Waals surface area contributed by atoms with Gasteiger partial charge in [-0.05, 0) is 12.0 Å². The molecule has 0 spiro atoms. The van der Waals surface area contributed by atoms with Crippen molar-refractivity contribution in [3.05, 3.63) is 18.0 Å². The van der Waals surface area contributed by atoms with Crippen LogP contribution in [0.3, 0.4) is 0 Å². The quantitative estimate of drug-likeness (QED) is 0.750. The van der Waals surface area contributed by atoms with Gasteiger partial charge in [-0.15, -0.1) is 0 Å². The van der Waals surface area contributed by atoms with Crippen LogP contribution in [-0.4, -0.2) is 32.8 Å². The van der Waals surface area contributed by atoms with Gasteiger partial charge in [0.05, 0.1) is 12.6 Å². The number of aromatic nitrogens is 2. The summed E-state index contributed by atoms with van der Waals surface area (Å²) >= 11 is 0. The Balaban J connectivity index is 2.48. The maximum absolute atomic E-state index is 11.7. The number of carboxylic acids is 1. The molecule has 6 heteroatoms. The van der Waals surface area contributed by atoms with Gasteiger partial charge in [-0.1, -0.05) is 19.8 Å². The zero-order valence-corrected chi connectivity index (χ0v) is 10.7. The van der Waals surface area contributed by atoms with E-state index in [4.69, 9.17) is 5.11 Å². The van der Waals surface area contributed by atoms with E-state index in [9.17, 15) is 9.59 Å². The maximum Gasteiger partial charge on any atom is 0.326 e. The first-order chi connectivity index (χ1) is 8.52. The third kappa shape index (κ3) is 4.57. The molecule has 0 aliphatic heterocycles. The van der Waals surface area contributed by atoms with Gasteiger partial charge >= 0.3 is 5.97 Å². The van der Waals surface area contributed by atoms with Crippen molar-refractivity contribution in [1.29, 1.82) is 0 Å². The van der Waals surface area contributed by atoms with E-state index in [-0.39, 0.29) is 12.3 Å². The summed E-state index contributed by atoms with van der Waals surface area (Å²) in [6, 6.07) is -0.797. The highest BCUT2D eigenvalue weighted by molar-refractivity contribution is 5.84. The van der Waals surface area contributed by atoms with Crippen LogP contribution in [0, 0.1) is 0 Å². The Bertz CT molecular complexity index is 414. The van der Waals surface area contributed by atoms with E-state index in [1.807, 2.05) is 6.92 Å². The first-order valence-electron chi connectivity index (χ1n) is 6.02. The number of aliphatic carboxylic acids is 1. The van der Waals surface area contributed by atoms with Crippen molar-refractivity contribution in [3.63, 3.8) is 0 Å². The fourth-order valence-corrected chi connectivity index (χ4v) is 1.66. The van der Waals surface area contributed by atoms with E-state index < -0.39 is 12.0 Å². The summed E-state index contributed by atoms with van der Waals surface area (Å²) in [5, 5.41) is 15.5. The number of nitrogens with one attached hydrogen (secondary N) is 1. The van der Waals surface area contributed by atoms with E-state index >= 15 is 0 Å². The minimum atomic E-state index is -0.983. The van der Waals surface area contributed by atoms with E-state index in [1.165, 1.54) is 0 Å². The molecule has 1 aromatic heterocycles. The molecule has 0 radical (unpaired) electrons. The second-order valence-corrected chi connectivity index (χ2v) is 4.30. The summed E-state index contributed by atoms with van der Waals surface area (Å²) in [4.78, 5) is 22.7. The van der Waals surface area contributed by atoms with Crippen molar-refractivity contribution in [1.82, 2.24) is 15.1 Å². The smallest absolute Gasteiger partial charge is 0.326 e. The van der Waals surface area contributed by atoms with Gasteiger partial charge in [0.2, 0.25) is 5.91 Å². The van der Waals surface area contributed by atoms with Crippen molar-refractivity contribution in [2.24, 2.45) is 7.05 Å². The summed E-state index contributed by atoms with van der Waals surface area (Å²) in [7, 11) is 1.77. The van der Waals surface area contributed by atoms with Crippen molar-refractivity contribution in [2.75, 3.05) is 0 Å². The van der Waals surface area contributed by atoms with Gasteiger partial charge in [0.25, 0.3) is 0 Å². The molecule has 0 bridgehead atoms. The number of aryl methyl sites for hydroxylation is 1. The highest BCUT2D eigenvalue weighted by Crippen LogP contribution is 2.03.